The van der Waals surface area contributed by atoms with Crippen molar-refractivity contribution in [1.29, 1.82) is 0 Å². The molecule has 0 aromatic heterocycles. The van der Waals surface area contributed by atoms with Gasteiger partial charge in [0.05, 0.1) is 6.04 Å². The molecule has 0 fully saturated rings. The van der Waals surface area contributed by atoms with Crippen LogP contribution < -0.4 is 5.32 Å². The van der Waals surface area contributed by atoms with Crippen LogP contribution in [0.1, 0.15) is 37.4 Å². The Morgan fingerprint density at radius 2 is 2.10 bits per heavy atom. The van der Waals surface area contributed by atoms with Crippen molar-refractivity contribution in [3.05, 3.63) is 47.5 Å². The maximum atomic E-state index is 12.2. The van der Waals surface area contributed by atoms with Crippen LogP contribution in [0.3, 0.4) is 0 Å². The molecule has 21 heavy (non-hydrogen) atoms. The first-order chi connectivity index (χ1) is 9.90. The monoisotopic (exact) mass is 286 g/mol. The van der Waals surface area contributed by atoms with E-state index in [-0.39, 0.29) is 17.4 Å². The predicted molar refractivity (Wildman–Crippen MR) is 87.1 cm³/mol. The van der Waals surface area contributed by atoms with Gasteiger partial charge >= 0.3 is 0 Å². The Hall–Kier alpha value is -1.61. The van der Waals surface area contributed by atoms with Gasteiger partial charge in [0.15, 0.2) is 0 Å². The smallest absolute Gasteiger partial charge is 0.244 e. The predicted octanol–water partition coefficient (Wildman–Crippen LogP) is 2.93. The minimum Gasteiger partial charge on any atom is -0.345 e. The fourth-order valence-electron chi connectivity index (χ4n) is 2.90. The molecule has 114 valence electrons. The summed E-state index contributed by atoms with van der Waals surface area (Å²) in [6.45, 7) is 5.24. The molecule has 0 radical (unpaired) electrons. The minimum absolute atomic E-state index is 0.00775. The third kappa shape index (κ3) is 3.94. The number of hydrogen-bond acceptors (Lipinski definition) is 2. The maximum absolute atomic E-state index is 12.2. The van der Waals surface area contributed by atoms with E-state index < -0.39 is 0 Å². The van der Waals surface area contributed by atoms with Crippen LogP contribution in [0.15, 0.2) is 36.4 Å². The molecule has 1 aliphatic rings. The first-order valence-electron chi connectivity index (χ1n) is 7.60. The van der Waals surface area contributed by atoms with Crippen molar-refractivity contribution < 1.29 is 4.79 Å². The molecule has 1 aromatic rings. The molecule has 0 saturated heterocycles. The van der Waals surface area contributed by atoms with E-state index in [1.807, 2.05) is 25.1 Å². The zero-order chi connectivity index (χ0) is 15.5. The highest BCUT2D eigenvalue weighted by Crippen LogP contribution is 2.43. The number of nitrogens with one attached hydrogen (secondary N) is 1. The highest BCUT2D eigenvalue weighted by Gasteiger charge is 2.36. The van der Waals surface area contributed by atoms with Crippen molar-refractivity contribution in [3.63, 3.8) is 0 Å². The Kier molecular flexibility index (Phi) is 4.84. The maximum Gasteiger partial charge on any atom is 0.244 e. The van der Waals surface area contributed by atoms with Gasteiger partial charge < -0.3 is 10.2 Å². The Morgan fingerprint density at radius 1 is 1.38 bits per heavy atom. The van der Waals surface area contributed by atoms with Crippen LogP contribution in [0, 0.1) is 5.41 Å². The lowest BCUT2D eigenvalue weighted by molar-refractivity contribution is -0.118. The number of carbonyl (C=O) groups excluding carboxylic acids is 1. The summed E-state index contributed by atoms with van der Waals surface area (Å²) in [4.78, 5) is 14.2. The normalized spacial score (nSPS) is 20.5. The topological polar surface area (TPSA) is 32.3 Å². The van der Waals surface area contributed by atoms with Gasteiger partial charge in [-0.15, -0.1) is 0 Å². The van der Waals surface area contributed by atoms with Gasteiger partial charge in [-0.05, 0) is 43.5 Å². The summed E-state index contributed by atoms with van der Waals surface area (Å²) in [6.07, 6.45) is 5.73. The van der Waals surface area contributed by atoms with Crippen molar-refractivity contribution in [3.8, 4) is 0 Å². The van der Waals surface area contributed by atoms with Crippen LogP contribution in [0.5, 0.6) is 0 Å². The van der Waals surface area contributed by atoms with E-state index >= 15 is 0 Å². The molecule has 3 nitrogen and oxygen atoms in total. The summed E-state index contributed by atoms with van der Waals surface area (Å²) in [5, 5.41) is 3.19. The summed E-state index contributed by atoms with van der Waals surface area (Å²) in [6, 6.07) is 8.53. The molecule has 1 aliphatic carbocycles. The molecule has 3 heteroatoms. The summed E-state index contributed by atoms with van der Waals surface area (Å²) >= 11 is 0. The number of hydrogen-bond donors (Lipinski definition) is 1. The summed E-state index contributed by atoms with van der Waals surface area (Å²) < 4.78 is 0. The van der Waals surface area contributed by atoms with E-state index in [1.165, 1.54) is 11.1 Å². The third-order valence-corrected chi connectivity index (χ3v) is 4.21. The minimum atomic E-state index is -0.00775. The van der Waals surface area contributed by atoms with Crippen LogP contribution in [0.4, 0.5) is 0 Å². The van der Waals surface area contributed by atoms with Crippen molar-refractivity contribution in [2.45, 2.75) is 32.7 Å². The number of rotatable bonds is 4. The van der Waals surface area contributed by atoms with E-state index in [1.54, 1.807) is 6.08 Å². The number of fused-ring (bicyclic) bond motifs is 1. The van der Waals surface area contributed by atoms with Crippen LogP contribution in [-0.2, 0) is 11.2 Å². The van der Waals surface area contributed by atoms with Gasteiger partial charge in [-0.2, -0.15) is 0 Å². The molecule has 1 aromatic carbocycles. The zero-order valence-corrected chi connectivity index (χ0v) is 13.5. The first kappa shape index (κ1) is 15.8. The van der Waals surface area contributed by atoms with Crippen molar-refractivity contribution >= 4 is 5.91 Å². The lowest BCUT2D eigenvalue weighted by Gasteiger charge is -2.40. The van der Waals surface area contributed by atoms with Gasteiger partial charge in [0.1, 0.15) is 0 Å². The van der Waals surface area contributed by atoms with E-state index in [0.29, 0.717) is 0 Å². The molecule has 1 atom stereocenters. The molecule has 0 saturated carbocycles. The van der Waals surface area contributed by atoms with Crippen LogP contribution in [0.25, 0.3) is 0 Å². The Bertz CT molecular complexity index is 532. The van der Waals surface area contributed by atoms with Gasteiger partial charge in [-0.1, -0.05) is 44.2 Å². The summed E-state index contributed by atoms with van der Waals surface area (Å²) in [7, 11) is 3.98. The molecule has 1 N–H and O–H groups in total. The van der Waals surface area contributed by atoms with Crippen LogP contribution in [-0.4, -0.2) is 31.4 Å². The van der Waals surface area contributed by atoms with Crippen molar-refractivity contribution in [1.82, 2.24) is 10.2 Å². The molecule has 0 heterocycles. The second-order valence-electron chi connectivity index (χ2n) is 6.79. The SMILES string of the molecule is CN(C)C/C=C/C(=O)NC1c2ccccc2CCC1(C)C. The number of aryl methyl sites for hydroxylation is 1. The molecule has 0 aliphatic heterocycles. The lowest BCUT2D eigenvalue weighted by Crippen LogP contribution is -2.40. The second-order valence-corrected chi connectivity index (χ2v) is 6.79. The van der Waals surface area contributed by atoms with Gasteiger partial charge in [-0.25, -0.2) is 0 Å². The highest BCUT2D eigenvalue weighted by molar-refractivity contribution is 5.88. The number of amides is 1. The van der Waals surface area contributed by atoms with Gasteiger partial charge in [0.25, 0.3) is 0 Å². The van der Waals surface area contributed by atoms with Crippen LogP contribution >= 0.6 is 0 Å². The van der Waals surface area contributed by atoms with Crippen molar-refractivity contribution in [2.75, 3.05) is 20.6 Å². The number of benzene rings is 1. The molecule has 0 bridgehead atoms. The number of carbonyl (C=O) groups is 1. The molecular formula is C18H26N2O. The summed E-state index contributed by atoms with van der Waals surface area (Å²) in [5.74, 6) is -0.00775. The number of nitrogens with zero attached hydrogens (tertiary/aromatic N) is 1. The Labute approximate surface area is 128 Å². The Balaban J connectivity index is 2.13. The summed E-state index contributed by atoms with van der Waals surface area (Å²) in [5.41, 5.74) is 2.71. The van der Waals surface area contributed by atoms with Gasteiger partial charge in [-0.3, -0.25) is 4.79 Å². The zero-order valence-electron chi connectivity index (χ0n) is 13.5. The average molecular weight is 286 g/mol. The fraction of sp³-hybridized carbons (Fsp3) is 0.500. The second kappa shape index (κ2) is 6.44. The molecular weight excluding hydrogens is 260 g/mol. The molecule has 2 rings (SSSR count). The largest absolute Gasteiger partial charge is 0.345 e. The van der Waals surface area contributed by atoms with Gasteiger partial charge in [0, 0.05) is 12.6 Å². The fourth-order valence-corrected chi connectivity index (χ4v) is 2.90. The quantitative estimate of drug-likeness (QED) is 0.863. The van der Waals surface area contributed by atoms with Crippen molar-refractivity contribution in [2.24, 2.45) is 5.41 Å². The highest BCUT2D eigenvalue weighted by atomic mass is 16.1. The Morgan fingerprint density at radius 3 is 2.81 bits per heavy atom. The van der Waals surface area contributed by atoms with E-state index in [0.717, 1.165) is 19.4 Å². The molecule has 1 unspecified atom stereocenters. The first-order valence-corrected chi connectivity index (χ1v) is 7.60. The molecule has 0 spiro atoms. The van der Waals surface area contributed by atoms with E-state index in [2.05, 4.69) is 43.4 Å². The lowest BCUT2D eigenvalue weighted by atomic mass is 9.70. The van der Waals surface area contributed by atoms with Gasteiger partial charge in [0.2, 0.25) is 5.91 Å². The van der Waals surface area contributed by atoms with Crippen LogP contribution in [0.2, 0.25) is 0 Å². The molecule has 1 amide bonds. The third-order valence-electron chi connectivity index (χ3n) is 4.21. The van der Waals surface area contributed by atoms with E-state index in [9.17, 15) is 4.79 Å². The standard InChI is InChI=1S/C18H26N2O/c1-18(2)12-11-14-8-5-6-9-15(14)17(18)19-16(21)10-7-13-20(3)4/h5-10,17H,11-13H2,1-4H3,(H,19,21)/b10-7+. The number of likely N-dealkylation sites (N-methyl/N-ethyl adjacent to an activating group) is 1. The average Bonchev–Trinajstić information content (AvgIpc) is 2.42. The van der Waals surface area contributed by atoms with E-state index in [4.69, 9.17) is 0 Å².